The molecule has 0 spiro atoms. The quantitative estimate of drug-likeness (QED) is 0.608. The van der Waals surface area contributed by atoms with Gasteiger partial charge < -0.3 is 0 Å². The van der Waals surface area contributed by atoms with Gasteiger partial charge in [-0.1, -0.05) is 41.0 Å². The molecule has 1 rings (SSSR count). The van der Waals surface area contributed by atoms with Gasteiger partial charge >= 0.3 is 0 Å². The fraction of sp³-hybridized carbons (Fsp3) is 1.00. The molecule has 0 heterocycles. The fourth-order valence-electron chi connectivity index (χ4n) is 3.10. The maximum Gasteiger partial charge on any atom is -0.0355 e. The van der Waals surface area contributed by atoms with Crippen molar-refractivity contribution in [3.63, 3.8) is 0 Å². The van der Waals surface area contributed by atoms with E-state index in [1.54, 1.807) is 0 Å². The molecule has 13 heavy (non-hydrogen) atoms. The number of hydrogen-bond donors (Lipinski definition) is 0. The largest absolute Gasteiger partial charge is 0.0651 e. The zero-order valence-electron chi connectivity index (χ0n) is 10.0. The van der Waals surface area contributed by atoms with Crippen LogP contribution in [-0.2, 0) is 0 Å². The summed E-state index contributed by atoms with van der Waals surface area (Å²) in [4.78, 5) is 0. The van der Waals surface area contributed by atoms with Gasteiger partial charge in [0.15, 0.2) is 0 Å². The lowest BCUT2D eigenvalue weighted by Crippen LogP contribution is -2.20. The van der Waals surface area contributed by atoms with E-state index in [1.165, 1.54) is 19.3 Å². The van der Waals surface area contributed by atoms with Crippen LogP contribution < -0.4 is 0 Å². The molecule has 1 aliphatic rings. The lowest BCUT2D eigenvalue weighted by Gasteiger charge is -2.27. The molecular weight excluding hydrogens is 156 g/mol. The Morgan fingerprint density at radius 3 is 2.08 bits per heavy atom. The summed E-state index contributed by atoms with van der Waals surface area (Å²) in [6, 6.07) is 0. The van der Waals surface area contributed by atoms with Crippen LogP contribution in [0.5, 0.6) is 0 Å². The third-order valence-electron chi connectivity index (χ3n) is 4.13. The van der Waals surface area contributed by atoms with Gasteiger partial charge in [0, 0.05) is 0 Å². The van der Waals surface area contributed by atoms with Gasteiger partial charge in [-0.25, -0.2) is 0 Å². The highest BCUT2D eigenvalue weighted by Gasteiger charge is 2.35. The van der Waals surface area contributed by atoms with Crippen molar-refractivity contribution in [2.75, 3.05) is 0 Å². The van der Waals surface area contributed by atoms with Crippen molar-refractivity contribution in [2.45, 2.75) is 53.9 Å². The zero-order valence-corrected chi connectivity index (χ0v) is 10.0. The van der Waals surface area contributed by atoms with Crippen molar-refractivity contribution in [1.29, 1.82) is 0 Å². The van der Waals surface area contributed by atoms with Crippen LogP contribution in [0.1, 0.15) is 53.9 Å². The van der Waals surface area contributed by atoms with Gasteiger partial charge in [-0.15, -0.1) is 0 Å². The Hall–Kier alpha value is 0. The molecule has 0 aromatic rings. The molecule has 0 radical (unpaired) electrons. The van der Waals surface area contributed by atoms with E-state index in [-0.39, 0.29) is 0 Å². The molecule has 0 aliphatic heterocycles. The van der Waals surface area contributed by atoms with Crippen molar-refractivity contribution >= 4 is 0 Å². The third-order valence-corrected chi connectivity index (χ3v) is 4.13. The highest BCUT2D eigenvalue weighted by atomic mass is 14.4. The standard InChI is InChI=1S/C13H26/c1-6-11(5)13-8-10(4)7-12(13)9(2)3/h9-13H,6-8H2,1-5H3. The van der Waals surface area contributed by atoms with Crippen molar-refractivity contribution in [1.82, 2.24) is 0 Å². The van der Waals surface area contributed by atoms with E-state index in [0.29, 0.717) is 0 Å². The molecule has 4 unspecified atom stereocenters. The zero-order chi connectivity index (χ0) is 10.0. The van der Waals surface area contributed by atoms with Crippen molar-refractivity contribution in [3.05, 3.63) is 0 Å². The molecule has 0 amide bonds. The molecular formula is C13H26. The van der Waals surface area contributed by atoms with E-state index in [1.807, 2.05) is 0 Å². The highest BCUT2D eigenvalue weighted by Crippen LogP contribution is 2.44. The summed E-state index contributed by atoms with van der Waals surface area (Å²) < 4.78 is 0. The van der Waals surface area contributed by atoms with E-state index in [2.05, 4.69) is 34.6 Å². The van der Waals surface area contributed by atoms with Gasteiger partial charge in [-0.2, -0.15) is 0 Å². The molecule has 0 saturated heterocycles. The monoisotopic (exact) mass is 182 g/mol. The Labute approximate surface area is 84.1 Å². The second-order valence-corrected chi connectivity index (χ2v) is 5.53. The summed E-state index contributed by atoms with van der Waals surface area (Å²) in [5.74, 6) is 4.83. The first-order valence-electron chi connectivity index (χ1n) is 6.06. The third kappa shape index (κ3) is 2.48. The van der Waals surface area contributed by atoms with Gasteiger partial charge in [0.1, 0.15) is 0 Å². The van der Waals surface area contributed by atoms with Crippen LogP contribution in [0.3, 0.4) is 0 Å². The van der Waals surface area contributed by atoms with Crippen LogP contribution in [0, 0.1) is 29.6 Å². The van der Waals surface area contributed by atoms with E-state index >= 15 is 0 Å². The van der Waals surface area contributed by atoms with Crippen LogP contribution in [0.4, 0.5) is 0 Å². The smallest absolute Gasteiger partial charge is 0.0355 e. The summed E-state index contributed by atoms with van der Waals surface area (Å²) in [6.07, 6.45) is 4.32. The normalized spacial score (nSPS) is 36.9. The molecule has 0 nitrogen and oxygen atoms in total. The Kier molecular flexibility index (Phi) is 3.82. The van der Waals surface area contributed by atoms with Crippen molar-refractivity contribution in [2.24, 2.45) is 29.6 Å². The van der Waals surface area contributed by atoms with E-state index in [0.717, 1.165) is 29.6 Å². The minimum atomic E-state index is 0.893. The average Bonchev–Trinajstić information content (AvgIpc) is 2.46. The van der Waals surface area contributed by atoms with Crippen LogP contribution in [0.2, 0.25) is 0 Å². The van der Waals surface area contributed by atoms with Gasteiger partial charge in [0.2, 0.25) is 0 Å². The topological polar surface area (TPSA) is 0 Å². The summed E-state index contributed by atoms with van der Waals surface area (Å²) in [6.45, 7) is 12.0. The van der Waals surface area contributed by atoms with Crippen LogP contribution in [-0.4, -0.2) is 0 Å². The summed E-state index contributed by atoms with van der Waals surface area (Å²) in [5.41, 5.74) is 0. The van der Waals surface area contributed by atoms with Crippen molar-refractivity contribution < 1.29 is 0 Å². The molecule has 1 saturated carbocycles. The van der Waals surface area contributed by atoms with Gasteiger partial charge in [-0.3, -0.25) is 0 Å². The Morgan fingerprint density at radius 2 is 1.62 bits per heavy atom. The molecule has 78 valence electrons. The Bertz CT molecular complexity index is 148. The fourth-order valence-corrected chi connectivity index (χ4v) is 3.10. The predicted octanol–water partition coefficient (Wildman–Crippen LogP) is 4.35. The van der Waals surface area contributed by atoms with Crippen LogP contribution in [0.15, 0.2) is 0 Å². The lowest BCUT2D eigenvalue weighted by atomic mass is 9.78. The highest BCUT2D eigenvalue weighted by molar-refractivity contribution is 4.85. The molecule has 4 atom stereocenters. The SMILES string of the molecule is CCC(C)C1CC(C)CC1C(C)C. The van der Waals surface area contributed by atoms with E-state index < -0.39 is 0 Å². The molecule has 0 bridgehead atoms. The Balaban J connectivity index is 2.60. The molecule has 0 N–H and O–H groups in total. The number of rotatable bonds is 3. The lowest BCUT2D eigenvalue weighted by molar-refractivity contribution is 0.219. The van der Waals surface area contributed by atoms with Gasteiger partial charge in [-0.05, 0) is 42.4 Å². The molecule has 0 heteroatoms. The molecule has 1 aliphatic carbocycles. The van der Waals surface area contributed by atoms with E-state index in [9.17, 15) is 0 Å². The van der Waals surface area contributed by atoms with Gasteiger partial charge in [0.05, 0.1) is 0 Å². The van der Waals surface area contributed by atoms with Crippen molar-refractivity contribution in [3.8, 4) is 0 Å². The first-order valence-corrected chi connectivity index (χ1v) is 6.06. The second-order valence-electron chi connectivity index (χ2n) is 5.53. The van der Waals surface area contributed by atoms with E-state index in [4.69, 9.17) is 0 Å². The predicted molar refractivity (Wildman–Crippen MR) is 59.7 cm³/mol. The average molecular weight is 182 g/mol. The molecule has 0 aromatic heterocycles. The second kappa shape index (κ2) is 4.48. The minimum Gasteiger partial charge on any atom is -0.0651 e. The number of hydrogen-bond acceptors (Lipinski definition) is 0. The maximum atomic E-state index is 2.44. The van der Waals surface area contributed by atoms with Gasteiger partial charge in [0.25, 0.3) is 0 Å². The summed E-state index contributed by atoms with van der Waals surface area (Å²) >= 11 is 0. The first kappa shape index (κ1) is 11.1. The summed E-state index contributed by atoms with van der Waals surface area (Å²) in [7, 11) is 0. The molecule has 1 fully saturated rings. The molecule has 0 aromatic carbocycles. The minimum absolute atomic E-state index is 0.893. The Morgan fingerprint density at radius 1 is 1.08 bits per heavy atom. The van der Waals surface area contributed by atoms with Crippen LogP contribution in [0.25, 0.3) is 0 Å². The maximum absolute atomic E-state index is 2.44. The van der Waals surface area contributed by atoms with Crippen LogP contribution >= 0.6 is 0 Å². The first-order chi connectivity index (χ1) is 6.06. The summed E-state index contributed by atoms with van der Waals surface area (Å²) in [5, 5.41) is 0.